The summed E-state index contributed by atoms with van der Waals surface area (Å²) < 4.78 is 13.0. The van der Waals surface area contributed by atoms with Gasteiger partial charge in [0.05, 0.1) is 14.0 Å². The number of rotatable bonds is 3. The molecule has 1 aromatic carbocycles. The van der Waals surface area contributed by atoms with Crippen molar-refractivity contribution in [3.8, 4) is 17.0 Å². The van der Waals surface area contributed by atoms with E-state index in [-0.39, 0.29) is 6.04 Å². The number of nitrogens with one attached hydrogen (secondary N) is 1. The van der Waals surface area contributed by atoms with Gasteiger partial charge in [0.15, 0.2) is 0 Å². The molecule has 0 unspecified atom stereocenters. The normalized spacial score (nSPS) is 15.4. The van der Waals surface area contributed by atoms with Gasteiger partial charge in [0, 0.05) is 49.4 Å². The molecule has 1 fully saturated rings. The van der Waals surface area contributed by atoms with Crippen molar-refractivity contribution in [1.82, 2.24) is 20.3 Å². The van der Waals surface area contributed by atoms with Crippen LogP contribution in [0, 0.1) is 0 Å². The van der Waals surface area contributed by atoms with Crippen molar-refractivity contribution in [2.75, 3.05) is 38.2 Å². The molecule has 1 aliphatic heterocycles. The highest BCUT2D eigenvalue weighted by atomic mass is 16.5. The molecule has 6 heteroatoms. The lowest BCUT2D eigenvalue weighted by molar-refractivity contribution is 0.398. The Hall–Kier alpha value is -2.73. The molecule has 4 rings (SSSR count). The number of anilines is 1. The van der Waals surface area contributed by atoms with E-state index >= 15 is 0 Å². The van der Waals surface area contributed by atoms with E-state index in [1.54, 1.807) is 18.6 Å². The fourth-order valence-corrected chi connectivity index (χ4v) is 2.96. The van der Waals surface area contributed by atoms with Crippen LogP contribution in [0.3, 0.4) is 0 Å². The Bertz CT molecular complexity index is 911. The molecule has 1 aliphatic rings. The lowest BCUT2D eigenvalue weighted by Crippen LogP contribution is -2.44. The highest BCUT2D eigenvalue weighted by molar-refractivity contribution is 5.92. The van der Waals surface area contributed by atoms with Gasteiger partial charge in [0.2, 0.25) is 5.88 Å². The van der Waals surface area contributed by atoms with Crippen LogP contribution >= 0.6 is 0 Å². The SMILES string of the molecule is [2H]c1cc(-c2ccc3c(N4CCNCC4)ncnc3c2)cnc1OC. The molecule has 0 bridgehead atoms. The predicted molar refractivity (Wildman–Crippen MR) is 94.4 cm³/mol. The van der Waals surface area contributed by atoms with Gasteiger partial charge in [-0.3, -0.25) is 0 Å². The molecule has 0 spiro atoms. The van der Waals surface area contributed by atoms with Gasteiger partial charge in [-0.15, -0.1) is 0 Å². The summed E-state index contributed by atoms with van der Waals surface area (Å²) in [6.07, 6.45) is 3.34. The monoisotopic (exact) mass is 322 g/mol. The number of aromatic nitrogens is 3. The number of methoxy groups -OCH3 is 1. The Labute approximate surface area is 141 Å². The van der Waals surface area contributed by atoms with Gasteiger partial charge in [0.25, 0.3) is 0 Å². The molecule has 0 atom stereocenters. The number of benzene rings is 1. The smallest absolute Gasteiger partial charge is 0.212 e. The molecule has 0 amide bonds. The highest BCUT2D eigenvalue weighted by Crippen LogP contribution is 2.28. The van der Waals surface area contributed by atoms with E-state index in [2.05, 4.69) is 31.2 Å². The summed E-state index contributed by atoms with van der Waals surface area (Å²) in [5.74, 6) is 1.31. The summed E-state index contributed by atoms with van der Waals surface area (Å²) >= 11 is 0. The first kappa shape index (κ1) is 13.7. The Kier molecular flexibility index (Phi) is 3.65. The van der Waals surface area contributed by atoms with Gasteiger partial charge in [-0.1, -0.05) is 6.07 Å². The third-order valence-corrected chi connectivity index (χ3v) is 4.23. The van der Waals surface area contributed by atoms with Crippen molar-refractivity contribution < 1.29 is 6.11 Å². The first-order valence-electron chi connectivity index (χ1n) is 8.48. The summed E-state index contributed by atoms with van der Waals surface area (Å²) in [5.41, 5.74) is 2.74. The van der Waals surface area contributed by atoms with Crippen LogP contribution < -0.4 is 15.0 Å². The average Bonchev–Trinajstić information content (AvgIpc) is 2.67. The molecule has 0 saturated carbocycles. The Morgan fingerprint density at radius 1 is 1.12 bits per heavy atom. The standard InChI is InChI=1S/C18H19N5O/c1-24-17-5-3-14(11-20-17)13-2-4-15-16(10-13)21-12-22-18(15)23-8-6-19-7-9-23/h2-5,10-12,19H,6-9H2,1H3/i5D. The predicted octanol–water partition coefficient (Wildman–Crippen LogP) is 2.11. The summed E-state index contributed by atoms with van der Waals surface area (Å²) in [6.45, 7) is 3.82. The minimum atomic E-state index is 0.268. The highest BCUT2D eigenvalue weighted by Gasteiger charge is 2.15. The van der Waals surface area contributed by atoms with Crippen LogP contribution in [-0.4, -0.2) is 48.2 Å². The molecule has 3 heterocycles. The molecule has 2 aromatic heterocycles. The lowest BCUT2D eigenvalue weighted by Gasteiger charge is -2.29. The molecule has 6 nitrogen and oxygen atoms in total. The molecule has 1 saturated heterocycles. The number of hydrogen-bond donors (Lipinski definition) is 1. The number of fused-ring (bicyclic) bond motifs is 1. The maximum Gasteiger partial charge on any atom is 0.212 e. The summed E-state index contributed by atoms with van der Waals surface area (Å²) in [6, 6.07) is 8.12. The summed E-state index contributed by atoms with van der Waals surface area (Å²) in [4.78, 5) is 15.4. The van der Waals surface area contributed by atoms with Gasteiger partial charge >= 0.3 is 0 Å². The van der Waals surface area contributed by atoms with Gasteiger partial charge < -0.3 is 15.0 Å². The van der Waals surface area contributed by atoms with Crippen LogP contribution in [0.5, 0.6) is 5.88 Å². The summed E-state index contributed by atoms with van der Waals surface area (Å²) in [5, 5.41) is 4.40. The molecule has 122 valence electrons. The second-order valence-corrected chi connectivity index (χ2v) is 5.68. The van der Waals surface area contributed by atoms with Crippen LogP contribution in [0.25, 0.3) is 22.0 Å². The Balaban J connectivity index is 1.74. The fourth-order valence-electron chi connectivity index (χ4n) is 2.96. The van der Waals surface area contributed by atoms with E-state index in [4.69, 9.17) is 6.11 Å². The third-order valence-electron chi connectivity index (χ3n) is 4.23. The molecular formula is C18H19N5O. The fraction of sp³-hybridized carbons (Fsp3) is 0.278. The van der Waals surface area contributed by atoms with Crippen molar-refractivity contribution in [1.29, 1.82) is 0 Å². The van der Waals surface area contributed by atoms with Gasteiger partial charge in [-0.25, -0.2) is 15.0 Å². The van der Waals surface area contributed by atoms with Crippen LogP contribution in [0.15, 0.2) is 42.8 Å². The second-order valence-electron chi connectivity index (χ2n) is 5.68. The van der Waals surface area contributed by atoms with Crippen molar-refractivity contribution in [3.63, 3.8) is 0 Å². The number of piperazine rings is 1. The summed E-state index contributed by atoms with van der Waals surface area (Å²) in [7, 11) is 1.52. The van der Waals surface area contributed by atoms with Crippen LogP contribution in [0.4, 0.5) is 5.82 Å². The van der Waals surface area contributed by atoms with Crippen LogP contribution in [-0.2, 0) is 0 Å². The Morgan fingerprint density at radius 2 is 2.00 bits per heavy atom. The second kappa shape index (κ2) is 6.41. The zero-order valence-corrected chi connectivity index (χ0v) is 13.5. The van der Waals surface area contributed by atoms with Gasteiger partial charge in [-0.05, 0) is 23.8 Å². The maximum atomic E-state index is 7.97. The molecule has 0 aliphatic carbocycles. The quantitative estimate of drug-likeness (QED) is 0.797. The van der Waals surface area contributed by atoms with E-state index in [0.717, 1.165) is 54.0 Å². The van der Waals surface area contributed by atoms with Gasteiger partial charge in [-0.2, -0.15) is 0 Å². The molecule has 1 N–H and O–H groups in total. The van der Waals surface area contributed by atoms with Crippen molar-refractivity contribution in [2.24, 2.45) is 0 Å². The minimum absolute atomic E-state index is 0.268. The van der Waals surface area contributed by atoms with E-state index in [0.29, 0.717) is 5.88 Å². The zero-order chi connectivity index (χ0) is 17.2. The van der Waals surface area contributed by atoms with Crippen molar-refractivity contribution in [2.45, 2.75) is 0 Å². The van der Waals surface area contributed by atoms with Crippen molar-refractivity contribution >= 4 is 16.7 Å². The van der Waals surface area contributed by atoms with Crippen molar-refractivity contribution in [3.05, 3.63) is 42.8 Å². The number of hydrogen-bond acceptors (Lipinski definition) is 6. The number of nitrogens with zero attached hydrogens (tertiary/aromatic N) is 4. The molecular weight excluding hydrogens is 302 g/mol. The average molecular weight is 322 g/mol. The number of pyridine rings is 1. The Morgan fingerprint density at radius 3 is 2.79 bits per heavy atom. The molecule has 24 heavy (non-hydrogen) atoms. The zero-order valence-electron chi connectivity index (χ0n) is 14.5. The van der Waals surface area contributed by atoms with Gasteiger partial charge in [0.1, 0.15) is 12.1 Å². The number of ether oxygens (including phenoxy) is 1. The lowest BCUT2D eigenvalue weighted by atomic mass is 10.1. The van der Waals surface area contributed by atoms with E-state index in [9.17, 15) is 0 Å². The topological polar surface area (TPSA) is 63.2 Å². The van der Waals surface area contributed by atoms with Crippen LogP contribution in [0.1, 0.15) is 1.37 Å². The first-order valence-corrected chi connectivity index (χ1v) is 7.98. The molecule has 3 aromatic rings. The first-order chi connectivity index (χ1) is 12.3. The molecule has 0 radical (unpaired) electrons. The van der Waals surface area contributed by atoms with E-state index in [1.165, 1.54) is 7.11 Å². The largest absolute Gasteiger partial charge is 0.481 e. The third kappa shape index (κ3) is 2.76. The van der Waals surface area contributed by atoms with E-state index in [1.807, 2.05) is 12.1 Å². The van der Waals surface area contributed by atoms with E-state index < -0.39 is 0 Å². The van der Waals surface area contributed by atoms with Crippen LogP contribution in [0.2, 0.25) is 0 Å². The minimum Gasteiger partial charge on any atom is -0.481 e. The maximum absolute atomic E-state index is 7.97.